The molecule has 0 spiro atoms. The lowest BCUT2D eigenvalue weighted by Gasteiger charge is -2.28. The van der Waals surface area contributed by atoms with Crippen LogP contribution in [0.5, 0.6) is 11.5 Å². The predicted octanol–water partition coefficient (Wildman–Crippen LogP) is 4.98. The van der Waals surface area contributed by atoms with Gasteiger partial charge in [0, 0.05) is 47.8 Å². The van der Waals surface area contributed by atoms with Crippen molar-refractivity contribution >= 4 is 34.6 Å². The molecular formula is C30H29N5O4S. The lowest BCUT2D eigenvalue weighted by Crippen LogP contribution is -2.29. The number of fused-ring (bicyclic) bond motifs is 1. The Hall–Kier alpha value is -4.41. The zero-order valence-electron chi connectivity index (χ0n) is 22.4. The van der Waals surface area contributed by atoms with Gasteiger partial charge in [0.1, 0.15) is 6.61 Å². The predicted molar refractivity (Wildman–Crippen MR) is 156 cm³/mol. The fourth-order valence-corrected chi connectivity index (χ4v) is 5.84. The van der Waals surface area contributed by atoms with Crippen LogP contribution in [0.1, 0.15) is 34.7 Å². The number of carbonyl (C=O) groups excluding carboxylic acids is 1. The van der Waals surface area contributed by atoms with Gasteiger partial charge in [0.15, 0.2) is 16.6 Å². The number of carbonyl (C=O) groups is 1. The van der Waals surface area contributed by atoms with Crippen molar-refractivity contribution in [1.82, 2.24) is 14.9 Å². The maximum atomic E-state index is 12.0. The summed E-state index contributed by atoms with van der Waals surface area (Å²) in [6.45, 7) is 4.44. The van der Waals surface area contributed by atoms with E-state index in [4.69, 9.17) is 26.4 Å². The van der Waals surface area contributed by atoms with E-state index in [0.717, 1.165) is 45.5 Å². The van der Waals surface area contributed by atoms with E-state index in [0.29, 0.717) is 10.8 Å². The quantitative estimate of drug-likeness (QED) is 0.309. The number of nitrogens with one attached hydrogen (secondary N) is 2. The molecule has 2 aliphatic rings. The van der Waals surface area contributed by atoms with Crippen molar-refractivity contribution in [3.8, 4) is 17.2 Å². The summed E-state index contributed by atoms with van der Waals surface area (Å²) in [6, 6.07) is 21.4. The Balaban J connectivity index is 1.41. The lowest BCUT2D eigenvalue weighted by atomic mass is 9.96. The molecule has 1 fully saturated rings. The van der Waals surface area contributed by atoms with Crippen LogP contribution < -0.4 is 25.0 Å². The second kappa shape index (κ2) is 10.6. The Morgan fingerprint density at radius 2 is 1.85 bits per heavy atom. The van der Waals surface area contributed by atoms with Crippen molar-refractivity contribution in [1.29, 1.82) is 0 Å². The van der Waals surface area contributed by atoms with Gasteiger partial charge in [-0.25, -0.2) is 0 Å². The van der Waals surface area contributed by atoms with E-state index in [9.17, 15) is 4.79 Å². The van der Waals surface area contributed by atoms with E-state index in [-0.39, 0.29) is 31.4 Å². The van der Waals surface area contributed by atoms with Crippen molar-refractivity contribution in [2.75, 3.05) is 30.7 Å². The lowest BCUT2D eigenvalue weighted by molar-refractivity contribution is -0.119. The van der Waals surface area contributed by atoms with Gasteiger partial charge >= 0.3 is 0 Å². The summed E-state index contributed by atoms with van der Waals surface area (Å²) in [5.74, 6) is 1.28. The third-order valence-electron chi connectivity index (χ3n) is 7.21. The van der Waals surface area contributed by atoms with E-state index >= 15 is 0 Å². The molecule has 40 heavy (non-hydrogen) atoms. The molecule has 4 aromatic rings. The number of pyridine rings is 1. The smallest absolute Gasteiger partial charge is 0.250 e. The van der Waals surface area contributed by atoms with Crippen molar-refractivity contribution in [3.05, 3.63) is 95.6 Å². The maximum absolute atomic E-state index is 12.0. The Bertz CT molecular complexity index is 1570. The minimum absolute atomic E-state index is 0.00526. The number of thiocarbonyl (C=S) groups is 1. The maximum Gasteiger partial charge on any atom is 0.250 e. The monoisotopic (exact) mass is 555 g/mol. The molecule has 2 unspecified atom stereocenters. The molecule has 2 atom stereocenters. The number of rotatable bonds is 7. The molecule has 4 heterocycles. The average Bonchev–Trinajstić information content (AvgIpc) is 3.64. The number of aryl methyl sites for hydroxylation is 1. The first-order valence-corrected chi connectivity index (χ1v) is 13.3. The molecule has 2 N–H and O–H groups in total. The minimum atomic E-state index is -0.211. The molecule has 0 aliphatic carbocycles. The molecular weight excluding hydrogens is 526 g/mol. The molecule has 2 aromatic heterocycles. The zero-order chi connectivity index (χ0) is 27.8. The van der Waals surface area contributed by atoms with Crippen LogP contribution >= 0.6 is 12.2 Å². The highest BCUT2D eigenvalue weighted by Gasteiger charge is 2.42. The number of hydrogen-bond donors (Lipinski definition) is 2. The standard InChI is InChI=1S/C30H29N5O4S/c1-18-14-23(19(2)34(18)22-11-12-25-26(15-22)39-17-38-25)29-28(24-6-4-5-13-31-24)33-30(40)35(29)21-9-7-20(8-10-21)32-27(36)16-37-3/h4-15,28-29H,16-17H2,1-3H3,(H,32,36)(H,33,40). The molecule has 1 saturated heterocycles. The fourth-order valence-electron chi connectivity index (χ4n) is 5.49. The number of hydrogen-bond acceptors (Lipinski definition) is 6. The van der Waals surface area contributed by atoms with Gasteiger partial charge in [0.05, 0.1) is 17.8 Å². The first-order chi connectivity index (χ1) is 19.4. The van der Waals surface area contributed by atoms with Gasteiger partial charge in [-0.1, -0.05) is 6.07 Å². The third-order valence-corrected chi connectivity index (χ3v) is 7.52. The van der Waals surface area contributed by atoms with Crippen LogP contribution in [0.4, 0.5) is 11.4 Å². The summed E-state index contributed by atoms with van der Waals surface area (Å²) in [5, 5.41) is 6.97. The number of aromatic nitrogens is 2. The summed E-state index contributed by atoms with van der Waals surface area (Å²) in [4.78, 5) is 18.8. The molecule has 0 bridgehead atoms. The average molecular weight is 556 g/mol. The summed E-state index contributed by atoms with van der Waals surface area (Å²) in [6.07, 6.45) is 1.80. The largest absolute Gasteiger partial charge is 0.454 e. The van der Waals surface area contributed by atoms with Gasteiger partial charge in [-0.2, -0.15) is 0 Å². The molecule has 204 valence electrons. The van der Waals surface area contributed by atoms with Gasteiger partial charge in [-0.15, -0.1) is 0 Å². The van der Waals surface area contributed by atoms with Gasteiger partial charge in [-0.05, 0) is 86.2 Å². The van der Waals surface area contributed by atoms with Crippen LogP contribution in [-0.2, 0) is 9.53 Å². The summed E-state index contributed by atoms with van der Waals surface area (Å²) in [7, 11) is 1.49. The van der Waals surface area contributed by atoms with Crippen LogP contribution in [-0.4, -0.2) is 41.1 Å². The number of anilines is 2. The highest BCUT2D eigenvalue weighted by atomic mass is 32.1. The van der Waals surface area contributed by atoms with Crippen LogP contribution in [0.25, 0.3) is 5.69 Å². The summed E-state index contributed by atoms with van der Waals surface area (Å²) >= 11 is 5.91. The van der Waals surface area contributed by atoms with Crippen molar-refractivity contribution < 1.29 is 19.0 Å². The van der Waals surface area contributed by atoms with Gasteiger partial charge in [0.2, 0.25) is 12.7 Å². The Labute approximate surface area is 237 Å². The number of benzene rings is 2. The first-order valence-electron chi connectivity index (χ1n) is 12.9. The number of methoxy groups -OCH3 is 1. The molecule has 2 aliphatic heterocycles. The Morgan fingerprint density at radius 1 is 1.07 bits per heavy atom. The Kier molecular flexibility index (Phi) is 6.87. The van der Waals surface area contributed by atoms with Crippen molar-refractivity contribution in [3.63, 3.8) is 0 Å². The van der Waals surface area contributed by atoms with Crippen molar-refractivity contribution in [2.24, 2.45) is 0 Å². The van der Waals surface area contributed by atoms with E-state index in [2.05, 4.69) is 45.0 Å². The highest BCUT2D eigenvalue weighted by Crippen LogP contribution is 2.44. The van der Waals surface area contributed by atoms with E-state index in [1.807, 2.05) is 60.7 Å². The van der Waals surface area contributed by atoms with Gasteiger partial charge < -0.3 is 34.3 Å². The molecule has 2 aromatic carbocycles. The number of amides is 1. The SMILES string of the molecule is COCC(=O)Nc1ccc(N2C(=S)NC(c3ccccn3)C2c2cc(C)n(-c3ccc4c(c3)OCO4)c2C)cc1. The van der Waals surface area contributed by atoms with Crippen LogP contribution in [0, 0.1) is 13.8 Å². The second-order valence-corrected chi connectivity index (χ2v) is 10.1. The van der Waals surface area contributed by atoms with Crippen LogP contribution in [0.3, 0.4) is 0 Å². The fraction of sp³-hybridized carbons (Fsp3) is 0.233. The van der Waals surface area contributed by atoms with Gasteiger partial charge in [0.25, 0.3) is 0 Å². The molecule has 9 nitrogen and oxygen atoms in total. The third kappa shape index (κ3) is 4.65. The number of ether oxygens (including phenoxy) is 3. The molecule has 6 rings (SSSR count). The van der Waals surface area contributed by atoms with Crippen molar-refractivity contribution in [2.45, 2.75) is 25.9 Å². The number of nitrogens with zero attached hydrogens (tertiary/aromatic N) is 3. The first kappa shape index (κ1) is 25.8. The molecule has 0 radical (unpaired) electrons. The molecule has 1 amide bonds. The summed E-state index contributed by atoms with van der Waals surface area (Å²) in [5.41, 5.74) is 6.77. The molecule has 10 heteroatoms. The Morgan fingerprint density at radius 3 is 2.60 bits per heavy atom. The van der Waals surface area contributed by atoms with Crippen LogP contribution in [0.15, 0.2) is 72.9 Å². The van der Waals surface area contributed by atoms with E-state index in [1.54, 1.807) is 6.20 Å². The normalized spacial score (nSPS) is 17.7. The topological polar surface area (TPSA) is 89.9 Å². The highest BCUT2D eigenvalue weighted by molar-refractivity contribution is 7.80. The van der Waals surface area contributed by atoms with E-state index in [1.165, 1.54) is 7.11 Å². The second-order valence-electron chi connectivity index (χ2n) is 9.72. The van der Waals surface area contributed by atoms with Crippen LogP contribution in [0.2, 0.25) is 0 Å². The van der Waals surface area contributed by atoms with Gasteiger partial charge in [-0.3, -0.25) is 9.78 Å². The zero-order valence-corrected chi connectivity index (χ0v) is 23.2. The summed E-state index contributed by atoms with van der Waals surface area (Å²) < 4.78 is 18.3. The van der Waals surface area contributed by atoms with E-state index < -0.39 is 0 Å². The molecule has 0 saturated carbocycles. The minimum Gasteiger partial charge on any atom is -0.454 e.